The molecule has 20 heavy (non-hydrogen) atoms. The van der Waals surface area contributed by atoms with Crippen LogP contribution in [0.1, 0.15) is 18.3 Å². The lowest BCUT2D eigenvalue weighted by Crippen LogP contribution is -2.15. The van der Waals surface area contributed by atoms with E-state index in [9.17, 15) is 0 Å². The molecule has 1 N–H and O–H groups in total. The molecule has 104 valence electrons. The lowest BCUT2D eigenvalue weighted by atomic mass is 10.2. The third-order valence-electron chi connectivity index (χ3n) is 3.63. The maximum Gasteiger partial charge on any atom is 0.0900 e. The SMILES string of the molecule is CCNCc1cccn1Cc1nn(C)c2ccccc12. The highest BCUT2D eigenvalue weighted by Gasteiger charge is 2.09. The lowest BCUT2D eigenvalue weighted by molar-refractivity contribution is 0.645. The minimum absolute atomic E-state index is 0.815. The van der Waals surface area contributed by atoms with E-state index >= 15 is 0 Å². The highest BCUT2D eigenvalue weighted by Crippen LogP contribution is 2.19. The fourth-order valence-electron chi connectivity index (χ4n) is 2.58. The van der Waals surface area contributed by atoms with Gasteiger partial charge in [-0.05, 0) is 24.7 Å². The average molecular weight is 268 g/mol. The van der Waals surface area contributed by atoms with Crippen molar-refractivity contribution in [3.05, 3.63) is 54.0 Å². The van der Waals surface area contributed by atoms with Crippen LogP contribution < -0.4 is 5.32 Å². The summed E-state index contributed by atoms with van der Waals surface area (Å²) in [5, 5.41) is 9.27. The van der Waals surface area contributed by atoms with Gasteiger partial charge in [0.2, 0.25) is 0 Å². The first kappa shape index (κ1) is 12.9. The summed E-state index contributed by atoms with van der Waals surface area (Å²) in [6, 6.07) is 12.6. The Kier molecular flexibility index (Phi) is 3.56. The van der Waals surface area contributed by atoms with Gasteiger partial charge in [0.05, 0.1) is 17.8 Å². The number of benzene rings is 1. The quantitative estimate of drug-likeness (QED) is 0.771. The summed E-state index contributed by atoms with van der Waals surface area (Å²) in [6.45, 7) is 4.82. The molecule has 0 aliphatic heterocycles. The fourth-order valence-corrected chi connectivity index (χ4v) is 2.58. The molecular weight excluding hydrogens is 248 g/mol. The molecule has 0 radical (unpaired) electrons. The molecule has 1 aromatic carbocycles. The number of aryl methyl sites for hydroxylation is 1. The number of aromatic nitrogens is 3. The van der Waals surface area contributed by atoms with Crippen molar-refractivity contribution in [3.63, 3.8) is 0 Å². The molecule has 0 fully saturated rings. The Bertz CT molecular complexity index is 708. The largest absolute Gasteiger partial charge is 0.344 e. The van der Waals surface area contributed by atoms with E-state index in [0.717, 1.165) is 25.3 Å². The van der Waals surface area contributed by atoms with Gasteiger partial charge in [-0.3, -0.25) is 4.68 Å². The van der Waals surface area contributed by atoms with Crippen molar-refractivity contribution < 1.29 is 0 Å². The van der Waals surface area contributed by atoms with Gasteiger partial charge in [0, 0.05) is 30.9 Å². The molecule has 4 nitrogen and oxygen atoms in total. The van der Waals surface area contributed by atoms with Crippen LogP contribution in [0.25, 0.3) is 10.9 Å². The van der Waals surface area contributed by atoms with Crippen molar-refractivity contribution in [1.82, 2.24) is 19.7 Å². The van der Waals surface area contributed by atoms with E-state index in [1.165, 1.54) is 16.6 Å². The van der Waals surface area contributed by atoms with E-state index in [-0.39, 0.29) is 0 Å². The first-order chi connectivity index (χ1) is 9.79. The zero-order valence-corrected chi connectivity index (χ0v) is 12.0. The summed E-state index contributed by atoms with van der Waals surface area (Å²) in [7, 11) is 2.00. The normalized spacial score (nSPS) is 11.3. The predicted molar refractivity (Wildman–Crippen MR) is 81.6 cm³/mol. The number of nitrogens with one attached hydrogen (secondary N) is 1. The number of fused-ring (bicyclic) bond motifs is 1. The Balaban J connectivity index is 1.92. The van der Waals surface area contributed by atoms with Gasteiger partial charge in [-0.2, -0.15) is 5.10 Å². The van der Waals surface area contributed by atoms with E-state index in [4.69, 9.17) is 0 Å². The molecule has 0 atom stereocenters. The van der Waals surface area contributed by atoms with Crippen molar-refractivity contribution in [2.45, 2.75) is 20.0 Å². The Morgan fingerprint density at radius 2 is 2.00 bits per heavy atom. The lowest BCUT2D eigenvalue weighted by Gasteiger charge is -2.08. The van der Waals surface area contributed by atoms with Crippen LogP contribution in [0.3, 0.4) is 0 Å². The molecular formula is C16H20N4. The number of hydrogen-bond donors (Lipinski definition) is 1. The molecule has 0 saturated heterocycles. The van der Waals surface area contributed by atoms with E-state index in [2.05, 4.69) is 64.5 Å². The molecule has 0 unspecified atom stereocenters. The second kappa shape index (κ2) is 5.51. The molecule has 2 heterocycles. The van der Waals surface area contributed by atoms with E-state index < -0.39 is 0 Å². The van der Waals surface area contributed by atoms with Gasteiger partial charge in [0.25, 0.3) is 0 Å². The maximum atomic E-state index is 4.66. The van der Waals surface area contributed by atoms with Crippen LogP contribution in [-0.2, 0) is 20.1 Å². The fraction of sp³-hybridized carbons (Fsp3) is 0.312. The Hall–Kier alpha value is -2.07. The molecule has 0 saturated carbocycles. The first-order valence-corrected chi connectivity index (χ1v) is 7.05. The maximum absolute atomic E-state index is 4.66. The number of hydrogen-bond acceptors (Lipinski definition) is 2. The van der Waals surface area contributed by atoms with E-state index in [0.29, 0.717) is 0 Å². The second-order valence-corrected chi connectivity index (χ2v) is 5.00. The molecule has 0 spiro atoms. The van der Waals surface area contributed by atoms with Crippen LogP contribution in [0, 0.1) is 0 Å². The number of rotatable bonds is 5. The van der Waals surface area contributed by atoms with Crippen molar-refractivity contribution in [2.75, 3.05) is 6.54 Å². The molecule has 4 heteroatoms. The molecule has 3 aromatic rings. The third kappa shape index (κ3) is 2.34. The van der Waals surface area contributed by atoms with Gasteiger partial charge in [0.15, 0.2) is 0 Å². The van der Waals surface area contributed by atoms with E-state index in [1.54, 1.807) is 0 Å². The predicted octanol–water partition coefficient (Wildman–Crippen LogP) is 2.53. The van der Waals surface area contributed by atoms with Crippen LogP contribution in [0.15, 0.2) is 42.6 Å². The van der Waals surface area contributed by atoms with Crippen LogP contribution in [-0.4, -0.2) is 20.9 Å². The van der Waals surface area contributed by atoms with Crippen LogP contribution in [0.4, 0.5) is 0 Å². The first-order valence-electron chi connectivity index (χ1n) is 7.05. The van der Waals surface area contributed by atoms with Crippen LogP contribution in [0.5, 0.6) is 0 Å². The minimum atomic E-state index is 0.815. The smallest absolute Gasteiger partial charge is 0.0900 e. The van der Waals surface area contributed by atoms with Crippen LogP contribution in [0.2, 0.25) is 0 Å². The zero-order valence-electron chi connectivity index (χ0n) is 12.0. The minimum Gasteiger partial charge on any atom is -0.344 e. The summed E-state index contributed by atoms with van der Waals surface area (Å²) in [5.41, 5.74) is 3.60. The summed E-state index contributed by atoms with van der Waals surface area (Å²) in [4.78, 5) is 0. The second-order valence-electron chi connectivity index (χ2n) is 5.00. The molecule has 0 aliphatic rings. The standard InChI is InChI=1S/C16H20N4/c1-3-17-11-13-7-6-10-20(13)12-15-14-8-4-5-9-16(14)19(2)18-15/h4-10,17H,3,11-12H2,1-2H3. The van der Waals surface area contributed by atoms with Gasteiger partial charge in [-0.1, -0.05) is 25.1 Å². The summed E-state index contributed by atoms with van der Waals surface area (Å²) >= 11 is 0. The summed E-state index contributed by atoms with van der Waals surface area (Å²) in [5.74, 6) is 0. The monoisotopic (exact) mass is 268 g/mol. The van der Waals surface area contributed by atoms with Crippen molar-refractivity contribution in [3.8, 4) is 0 Å². The molecule has 3 rings (SSSR count). The Labute approximate surface area is 119 Å². The van der Waals surface area contributed by atoms with Gasteiger partial charge in [-0.25, -0.2) is 0 Å². The average Bonchev–Trinajstić information content (AvgIpc) is 3.03. The third-order valence-corrected chi connectivity index (χ3v) is 3.63. The highest BCUT2D eigenvalue weighted by molar-refractivity contribution is 5.81. The topological polar surface area (TPSA) is 34.8 Å². The number of nitrogens with zero attached hydrogens (tertiary/aromatic N) is 3. The van der Waals surface area contributed by atoms with Gasteiger partial charge >= 0.3 is 0 Å². The van der Waals surface area contributed by atoms with E-state index in [1.807, 2.05) is 11.7 Å². The summed E-state index contributed by atoms with van der Waals surface area (Å²) < 4.78 is 4.22. The number of para-hydroxylation sites is 1. The molecule has 2 aromatic heterocycles. The van der Waals surface area contributed by atoms with Crippen molar-refractivity contribution in [1.29, 1.82) is 0 Å². The Morgan fingerprint density at radius 3 is 2.85 bits per heavy atom. The van der Waals surface area contributed by atoms with Crippen molar-refractivity contribution in [2.24, 2.45) is 7.05 Å². The molecule has 0 bridgehead atoms. The summed E-state index contributed by atoms with van der Waals surface area (Å²) in [6.07, 6.45) is 2.12. The molecule has 0 aliphatic carbocycles. The van der Waals surface area contributed by atoms with Crippen molar-refractivity contribution >= 4 is 10.9 Å². The molecule has 0 amide bonds. The van der Waals surface area contributed by atoms with Gasteiger partial charge in [0.1, 0.15) is 0 Å². The Morgan fingerprint density at radius 1 is 1.15 bits per heavy atom. The van der Waals surface area contributed by atoms with Gasteiger partial charge in [-0.15, -0.1) is 0 Å². The van der Waals surface area contributed by atoms with Gasteiger partial charge < -0.3 is 9.88 Å². The zero-order chi connectivity index (χ0) is 13.9. The highest BCUT2D eigenvalue weighted by atomic mass is 15.3. The van der Waals surface area contributed by atoms with Crippen LogP contribution >= 0.6 is 0 Å².